The molecular weight excluding hydrogens is 286 g/mol. The van der Waals surface area contributed by atoms with Gasteiger partial charge in [0.2, 0.25) is 0 Å². The highest BCUT2D eigenvalue weighted by atomic mass is 79.9. The maximum Gasteiger partial charge on any atom is 0.0503 e. The second-order valence-corrected chi connectivity index (χ2v) is 6.68. The molecule has 0 aliphatic carbocycles. The third-order valence-corrected chi connectivity index (χ3v) is 4.76. The summed E-state index contributed by atoms with van der Waals surface area (Å²) >= 11 is 5.25. The summed E-state index contributed by atoms with van der Waals surface area (Å²) in [5.41, 5.74) is 5.70. The van der Waals surface area contributed by atoms with Crippen LogP contribution in [0.15, 0.2) is 15.9 Å². The molecule has 1 heterocycles. The van der Waals surface area contributed by atoms with Gasteiger partial charge >= 0.3 is 0 Å². The van der Waals surface area contributed by atoms with Crippen LogP contribution in [0.25, 0.3) is 0 Å². The normalized spacial score (nSPS) is 15.4. The molecule has 0 fully saturated rings. The summed E-state index contributed by atoms with van der Waals surface area (Å²) in [5.74, 6) is 0.550. The van der Waals surface area contributed by atoms with Gasteiger partial charge in [0.25, 0.3) is 0 Å². The molecule has 92 valence electrons. The molecule has 0 aliphatic rings. The fourth-order valence-electron chi connectivity index (χ4n) is 2.07. The molecule has 1 atom stereocenters. The standard InChI is InChI=1S/C12H20BrNOS/c1-9(2)5-12(7-14,8-15)6-11-10(13)3-4-16-11/h3-4,9,15H,5-8,14H2,1-2H3. The van der Waals surface area contributed by atoms with Gasteiger partial charge in [0.15, 0.2) is 0 Å². The monoisotopic (exact) mass is 305 g/mol. The van der Waals surface area contributed by atoms with Crippen LogP contribution in [0, 0.1) is 11.3 Å². The first-order chi connectivity index (χ1) is 7.53. The molecule has 4 heteroatoms. The maximum atomic E-state index is 9.62. The zero-order valence-electron chi connectivity index (χ0n) is 9.87. The number of thiophene rings is 1. The summed E-state index contributed by atoms with van der Waals surface area (Å²) in [5, 5.41) is 11.7. The Morgan fingerprint density at radius 3 is 2.62 bits per heavy atom. The second-order valence-electron chi connectivity index (χ2n) is 4.83. The minimum atomic E-state index is -0.165. The Balaban J connectivity index is 2.82. The quantitative estimate of drug-likeness (QED) is 0.848. The number of aliphatic hydroxyl groups excluding tert-OH is 1. The van der Waals surface area contributed by atoms with Gasteiger partial charge in [0.05, 0.1) is 6.61 Å². The first kappa shape index (κ1) is 14.2. The summed E-state index contributed by atoms with van der Waals surface area (Å²) < 4.78 is 1.13. The molecule has 0 spiro atoms. The number of hydrogen-bond donors (Lipinski definition) is 2. The second kappa shape index (κ2) is 6.15. The molecule has 0 saturated heterocycles. The smallest absolute Gasteiger partial charge is 0.0503 e. The first-order valence-electron chi connectivity index (χ1n) is 5.56. The Kier molecular flexibility index (Phi) is 5.44. The van der Waals surface area contributed by atoms with Crippen molar-refractivity contribution in [1.29, 1.82) is 0 Å². The summed E-state index contributed by atoms with van der Waals surface area (Å²) in [7, 11) is 0. The zero-order chi connectivity index (χ0) is 12.2. The van der Waals surface area contributed by atoms with Gasteiger partial charge in [-0.1, -0.05) is 13.8 Å². The topological polar surface area (TPSA) is 46.2 Å². The fourth-order valence-corrected chi connectivity index (χ4v) is 3.74. The Hall–Kier alpha value is 0.100. The molecule has 1 aromatic rings. The van der Waals surface area contributed by atoms with E-state index in [2.05, 4.69) is 35.2 Å². The van der Waals surface area contributed by atoms with Gasteiger partial charge < -0.3 is 10.8 Å². The van der Waals surface area contributed by atoms with E-state index in [4.69, 9.17) is 5.73 Å². The van der Waals surface area contributed by atoms with Crippen molar-refractivity contribution in [2.24, 2.45) is 17.1 Å². The SMILES string of the molecule is CC(C)CC(CN)(CO)Cc1sccc1Br. The van der Waals surface area contributed by atoms with Crippen molar-refractivity contribution >= 4 is 27.3 Å². The highest BCUT2D eigenvalue weighted by Crippen LogP contribution is 2.34. The van der Waals surface area contributed by atoms with Crippen LogP contribution in [-0.4, -0.2) is 18.3 Å². The van der Waals surface area contributed by atoms with Crippen LogP contribution in [0.1, 0.15) is 25.1 Å². The zero-order valence-corrected chi connectivity index (χ0v) is 12.3. The average molecular weight is 306 g/mol. The summed E-state index contributed by atoms with van der Waals surface area (Å²) in [4.78, 5) is 1.28. The molecule has 0 aromatic carbocycles. The summed E-state index contributed by atoms with van der Waals surface area (Å²) in [6.07, 6.45) is 1.82. The minimum absolute atomic E-state index is 0.159. The summed E-state index contributed by atoms with van der Waals surface area (Å²) in [6, 6.07) is 2.05. The first-order valence-corrected chi connectivity index (χ1v) is 7.23. The molecule has 0 radical (unpaired) electrons. The molecule has 0 aliphatic heterocycles. The van der Waals surface area contributed by atoms with Crippen molar-refractivity contribution < 1.29 is 5.11 Å². The van der Waals surface area contributed by atoms with E-state index in [0.29, 0.717) is 12.5 Å². The predicted molar refractivity (Wildman–Crippen MR) is 73.8 cm³/mol. The largest absolute Gasteiger partial charge is 0.396 e. The van der Waals surface area contributed by atoms with Crippen LogP contribution in [0.5, 0.6) is 0 Å². The van der Waals surface area contributed by atoms with Gasteiger partial charge in [-0.2, -0.15) is 0 Å². The van der Waals surface area contributed by atoms with Crippen LogP contribution in [-0.2, 0) is 6.42 Å². The van der Waals surface area contributed by atoms with Crippen LogP contribution < -0.4 is 5.73 Å². The van der Waals surface area contributed by atoms with Crippen molar-refractivity contribution in [2.45, 2.75) is 26.7 Å². The van der Waals surface area contributed by atoms with Crippen LogP contribution >= 0.6 is 27.3 Å². The van der Waals surface area contributed by atoms with E-state index in [-0.39, 0.29) is 12.0 Å². The van der Waals surface area contributed by atoms with Gasteiger partial charge in [-0.3, -0.25) is 0 Å². The third kappa shape index (κ3) is 3.55. The lowest BCUT2D eigenvalue weighted by Crippen LogP contribution is -2.37. The Bertz CT molecular complexity index is 321. The molecule has 0 saturated carbocycles. The molecular formula is C12H20BrNOS. The number of aliphatic hydroxyl groups is 1. The highest BCUT2D eigenvalue weighted by Gasteiger charge is 2.30. The van der Waals surface area contributed by atoms with Gasteiger partial charge in [-0.25, -0.2) is 0 Å². The Morgan fingerprint density at radius 1 is 1.56 bits per heavy atom. The maximum absolute atomic E-state index is 9.62. The van der Waals surface area contributed by atoms with Crippen molar-refractivity contribution in [1.82, 2.24) is 0 Å². The Labute approximate surface area is 110 Å². The number of rotatable bonds is 6. The van der Waals surface area contributed by atoms with E-state index >= 15 is 0 Å². The predicted octanol–water partition coefficient (Wildman–Crippen LogP) is 3.04. The molecule has 1 rings (SSSR count). The molecule has 1 aromatic heterocycles. The number of hydrogen-bond acceptors (Lipinski definition) is 3. The van der Waals surface area contributed by atoms with Gasteiger partial charge in [-0.15, -0.1) is 11.3 Å². The molecule has 16 heavy (non-hydrogen) atoms. The van der Waals surface area contributed by atoms with Gasteiger partial charge in [0.1, 0.15) is 0 Å². The van der Waals surface area contributed by atoms with E-state index in [1.807, 2.05) is 6.07 Å². The van der Waals surface area contributed by atoms with Crippen molar-refractivity contribution in [3.63, 3.8) is 0 Å². The van der Waals surface area contributed by atoms with Crippen molar-refractivity contribution in [2.75, 3.05) is 13.2 Å². The van der Waals surface area contributed by atoms with Gasteiger partial charge in [-0.05, 0) is 46.1 Å². The number of nitrogens with two attached hydrogens (primary N) is 1. The lowest BCUT2D eigenvalue weighted by Gasteiger charge is -2.32. The van der Waals surface area contributed by atoms with E-state index in [9.17, 15) is 5.11 Å². The highest BCUT2D eigenvalue weighted by molar-refractivity contribution is 9.10. The van der Waals surface area contributed by atoms with E-state index in [0.717, 1.165) is 17.3 Å². The van der Waals surface area contributed by atoms with Crippen molar-refractivity contribution in [3.05, 3.63) is 20.8 Å². The summed E-state index contributed by atoms with van der Waals surface area (Å²) in [6.45, 7) is 5.03. The van der Waals surface area contributed by atoms with E-state index in [1.54, 1.807) is 11.3 Å². The van der Waals surface area contributed by atoms with Crippen LogP contribution in [0.3, 0.4) is 0 Å². The molecule has 0 amide bonds. The molecule has 1 unspecified atom stereocenters. The number of halogens is 1. The lowest BCUT2D eigenvalue weighted by atomic mass is 9.77. The van der Waals surface area contributed by atoms with E-state index in [1.165, 1.54) is 4.88 Å². The molecule has 2 nitrogen and oxygen atoms in total. The van der Waals surface area contributed by atoms with Crippen LogP contribution in [0.2, 0.25) is 0 Å². The average Bonchev–Trinajstić information content (AvgIpc) is 2.62. The van der Waals surface area contributed by atoms with E-state index < -0.39 is 0 Å². The minimum Gasteiger partial charge on any atom is -0.396 e. The van der Waals surface area contributed by atoms with Crippen LogP contribution in [0.4, 0.5) is 0 Å². The fraction of sp³-hybridized carbons (Fsp3) is 0.667. The third-order valence-electron chi connectivity index (χ3n) is 2.84. The molecule has 3 N–H and O–H groups in total. The van der Waals surface area contributed by atoms with Crippen molar-refractivity contribution in [3.8, 4) is 0 Å². The van der Waals surface area contributed by atoms with Gasteiger partial charge in [0, 0.05) is 21.3 Å². The lowest BCUT2D eigenvalue weighted by molar-refractivity contribution is 0.108. The Morgan fingerprint density at radius 2 is 2.25 bits per heavy atom. The molecule has 0 bridgehead atoms.